The van der Waals surface area contributed by atoms with Crippen molar-refractivity contribution in [2.45, 2.75) is 38.3 Å². The maximum absolute atomic E-state index is 5.88. The van der Waals surface area contributed by atoms with Crippen molar-refractivity contribution in [1.82, 2.24) is 15.5 Å². The topological polar surface area (TPSA) is 67.4 Å². The predicted octanol–water partition coefficient (Wildman–Crippen LogP) is 2.81. The van der Waals surface area contributed by atoms with Crippen LogP contribution >= 0.6 is 24.0 Å². The number of methoxy groups -OCH3 is 1. The molecule has 2 atom stereocenters. The minimum atomic E-state index is -0.137. The van der Waals surface area contributed by atoms with E-state index >= 15 is 0 Å². The van der Waals surface area contributed by atoms with Gasteiger partial charge in [-0.05, 0) is 44.4 Å². The zero-order valence-corrected chi connectivity index (χ0v) is 20.8. The van der Waals surface area contributed by atoms with E-state index in [4.69, 9.17) is 19.2 Å². The van der Waals surface area contributed by atoms with Crippen molar-refractivity contribution < 1.29 is 14.2 Å². The Labute approximate surface area is 197 Å². The van der Waals surface area contributed by atoms with Gasteiger partial charge in [-0.15, -0.1) is 24.0 Å². The summed E-state index contributed by atoms with van der Waals surface area (Å²) in [4.78, 5) is 7.29. The molecule has 0 bridgehead atoms. The summed E-state index contributed by atoms with van der Waals surface area (Å²) in [5.74, 6) is 1.72. The minimum absolute atomic E-state index is 0. The van der Waals surface area contributed by atoms with E-state index in [-0.39, 0.29) is 35.6 Å². The Morgan fingerprint density at radius 3 is 2.53 bits per heavy atom. The summed E-state index contributed by atoms with van der Waals surface area (Å²) < 4.78 is 16.8. The second-order valence-corrected chi connectivity index (χ2v) is 7.92. The van der Waals surface area contributed by atoms with Gasteiger partial charge >= 0.3 is 0 Å². The number of hydrogen-bond donors (Lipinski definition) is 2. The maximum Gasteiger partial charge on any atom is 0.191 e. The molecule has 0 radical (unpaired) electrons. The lowest BCUT2D eigenvalue weighted by Crippen LogP contribution is -2.46. The second-order valence-electron chi connectivity index (χ2n) is 7.92. The SMILES string of the molecule is CCNC(=NCC1(C)CCCO1)NCC(c1ccc(OC)cc1)N1CCOCC1.I. The van der Waals surface area contributed by atoms with Crippen molar-refractivity contribution in [3.63, 3.8) is 0 Å². The number of rotatable bonds is 8. The molecule has 0 amide bonds. The standard InChI is InChI=1S/C22H36N4O3.HI/c1-4-23-21(25-17-22(2)10-5-13-29-22)24-16-20(26-11-14-28-15-12-26)18-6-8-19(27-3)9-7-18;/h6-9,20H,4-5,10-17H2,1-3H3,(H2,23,24,25);1H. The Kier molecular flexibility index (Phi) is 10.6. The fourth-order valence-corrected chi connectivity index (χ4v) is 3.92. The summed E-state index contributed by atoms with van der Waals surface area (Å²) in [5.41, 5.74) is 1.13. The van der Waals surface area contributed by atoms with Crippen molar-refractivity contribution in [3.8, 4) is 5.75 Å². The molecule has 1 aromatic carbocycles. The molecule has 2 unspecified atom stereocenters. The van der Waals surface area contributed by atoms with Crippen LogP contribution in [0.5, 0.6) is 5.75 Å². The lowest BCUT2D eigenvalue weighted by Gasteiger charge is -2.35. The summed E-state index contributed by atoms with van der Waals surface area (Å²) in [5, 5.41) is 6.93. The largest absolute Gasteiger partial charge is 0.497 e. The normalized spacial score (nSPS) is 23.5. The van der Waals surface area contributed by atoms with E-state index in [0.29, 0.717) is 6.54 Å². The minimum Gasteiger partial charge on any atom is -0.497 e. The summed E-state index contributed by atoms with van der Waals surface area (Å²) in [7, 11) is 1.70. The molecular formula is C22H37IN4O3. The molecule has 7 nitrogen and oxygen atoms in total. The van der Waals surface area contributed by atoms with Crippen LogP contribution in [-0.4, -0.2) is 76.1 Å². The van der Waals surface area contributed by atoms with Crippen molar-refractivity contribution in [2.24, 2.45) is 4.99 Å². The smallest absolute Gasteiger partial charge is 0.191 e. The van der Waals surface area contributed by atoms with Crippen molar-refractivity contribution >= 4 is 29.9 Å². The molecule has 2 heterocycles. The van der Waals surface area contributed by atoms with Crippen molar-refractivity contribution in [3.05, 3.63) is 29.8 Å². The molecule has 8 heteroatoms. The first kappa shape index (κ1) is 25.2. The molecule has 2 aliphatic rings. The summed E-state index contributed by atoms with van der Waals surface area (Å²) in [6, 6.07) is 8.60. The molecule has 1 aromatic rings. The average Bonchev–Trinajstić information content (AvgIpc) is 3.20. The number of aliphatic imine (C=N–C) groups is 1. The highest BCUT2D eigenvalue weighted by molar-refractivity contribution is 14.0. The monoisotopic (exact) mass is 532 g/mol. The van der Waals surface area contributed by atoms with Crippen molar-refractivity contribution in [2.75, 3.05) is 59.7 Å². The summed E-state index contributed by atoms with van der Waals surface area (Å²) in [6.45, 7) is 10.8. The van der Waals surface area contributed by atoms with E-state index < -0.39 is 0 Å². The Morgan fingerprint density at radius 1 is 1.20 bits per heavy atom. The lowest BCUT2D eigenvalue weighted by molar-refractivity contribution is 0.0169. The van der Waals surface area contributed by atoms with Crippen LogP contribution in [0.4, 0.5) is 0 Å². The highest BCUT2D eigenvalue weighted by atomic mass is 127. The third-order valence-corrected chi connectivity index (χ3v) is 5.67. The molecule has 170 valence electrons. The number of nitrogens with zero attached hydrogens (tertiary/aromatic N) is 2. The first-order chi connectivity index (χ1) is 14.1. The van der Waals surface area contributed by atoms with Gasteiger partial charge in [0.2, 0.25) is 0 Å². The lowest BCUT2D eigenvalue weighted by atomic mass is 10.0. The molecule has 3 rings (SSSR count). The summed E-state index contributed by atoms with van der Waals surface area (Å²) in [6.07, 6.45) is 2.19. The van der Waals surface area contributed by atoms with Crippen LogP contribution in [0.15, 0.2) is 29.3 Å². The van der Waals surface area contributed by atoms with Gasteiger partial charge in [0.15, 0.2) is 5.96 Å². The highest BCUT2D eigenvalue weighted by Gasteiger charge is 2.29. The number of hydrogen-bond acceptors (Lipinski definition) is 5. The number of benzene rings is 1. The predicted molar refractivity (Wildman–Crippen MR) is 131 cm³/mol. The average molecular weight is 532 g/mol. The van der Waals surface area contributed by atoms with Crippen LogP contribution in [0.25, 0.3) is 0 Å². The number of morpholine rings is 1. The number of guanidine groups is 1. The first-order valence-electron chi connectivity index (χ1n) is 10.8. The Hall–Kier alpha value is -1.10. The number of nitrogens with one attached hydrogen (secondary N) is 2. The van der Waals surface area contributed by atoms with E-state index in [9.17, 15) is 0 Å². The third-order valence-electron chi connectivity index (χ3n) is 5.67. The van der Waals surface area contributed by atoms with Crippen molar-refractivity contribution in [1.29, 1.82) is 0 Å². The van der Waals surface area contributed by atoms with Crippen LogP contribution in [0.3, 0.4) is 0 Å². The van der Waals surface area contributed by atoms with Crippen LogP contribution in [0.2, 0.25) is 0 Å². The van der Waals surface area contributed by atoms with Crippen LogP contribution < -0.4 is 15.4 Å². The molecule has 0 aliphatic carbocycles. The third kappa shape index (κ3) is 7.25. The van der Waals surface area contributed by atoms with Gasteiger partial charge in [-0.3, -0.25) is 9.89 Å². The molecule has 2 saturated heterocycles. The Morgan fingerprint density at radius 2 is 1.93 bits per heavy atom. The van der Waals surface area contributed by atoms with E-state index in [0.717, 1.165) is 70.6 Å². The van der Waals surface area contributed by atoms with E-state index in [1.54, 1.807) is 7.11 Å². The van der Waals surface area contributed by atoms with E-state index in [2.05, 4.69) is 41.5 Å². The Balaban J connectivity index is 0.00000320. The molecule has 0 aromatic heterocycles. The molecule has 0 saturated carbocycles. The van der Waals surface area contributed by atoms with E-state index in [1.165, 1.54) is 5.56 Å². The quantitative estimate of drug-likeness (QED) is 0.305. The van der Waals surface area contributed by atoms with Gasteiger partial charge in [-0.2, -0.15) is 0 Å². The molecule has 30 heavy (non-hydrogen) atoms. The molecular weight excluding hydrogens is 495 g/mol. The fraction of sp³-hybridized carbons (Fsp3) is 0.682. The van der Waals surface area contributed by atoms with Crippen LogP contribution in [-0.2, 0) is 9.47 Å². The van der Waals surface area contributed by atoms with Crippen LogP contribution in [0.1, 0.15) is 38.3 Å². The highest BCUT2D eigenvalue weighted by Crippen LogP contribution is 2.25. The number of ether oxygens (including phenoxy) is 3. The van der Waals surface area contributed by atoms with Gasteiger partial charge in [-0.25, -0.2) is 0 Å². The zero-order chi connectivity index (χ0) is 20.5. The molecule has 0 spiro atoms. The van der Waals surface area contributed by atoms with E-state index in [1.807, 2.05) is 12.1 Å². The van der Waals surface area contributed by atoms with Crippen LogP contribution in [0, 0.1) is 0 Å². The fourth-order valence-electron chi connectivity index (χ4n) is 3.92. The second kappa shape index (κ2) is 12.7. The molecule has 2 aliphatic heterocycles. The zero-order valence-electron chi connectivity index (χ0n) is 18.5. The van der Waals surface area contributed by atoms with Gasteiger partial charge in [0, 0.05) is 32.8 Å². The Bertz CT molecular complexity index is 644. The maximum atomic E-state index is 5.88. The first-order valence-corrected chi connectivity index (χ1v) is 10.8. The van der Waals surface area contributed by atoms with Gasteiger partial charge in [0.1, 0.15) is 5.75 Å². The summed E-state index contributed by atoms with van der Waals surface area (Å²) >= 11 is 0. The van der Waals surface area contributed by atoms with Gasteiger partial charge in [0.05, 0.1) is 38.5 Å². The van der Waals surface area contributed by atoms with Gasteiger partial charge < -0.3 is 24.8 Å². The van der Waals surface area contributed by atoms with Gasteiger partial charge in [0.25, 0.3) is 0 Å². The number of halogens is 1. The molecule has 2 fully saturated rings. The molecule has 2 N–H and O–H groups in total. The van der Waals surface area contributed by atoms with Gasteiger partial charge in [-0.1, -0.05) is 12.1 Å².